The molecule has 0 amide bonds. The summed E-state index contributed by atoms with van der Waals surface area (Å²) in [6, 6.07) is 0. The van der Waals surface area contributed by atoms with E-state index in [1.807, 2.05) is 0 Å². The van der Waals surface area contributed by atoms with E-state index in [1.165, 1.54) is 0 Å². The second-order valence-electron chi connectivity index (χ2n) is 2.83. The monoisotopic (exact) mass is 247 g/mol. The molecule has 9 heteroatoms. The van der Waals surface area contributed by atoms with Crippen LogP contribution in [0.1, 0.15) is 6.42 Å². The van der Waals surface area contributed by atoms with Gasteiger partial charge in [0.15, 0.2) is 5.82 Å². The molecule has 1 aromatic heterocycles. The highest BCUT2D eigenvalue weighted by Gasteiger charge is 2.20. The Kier molecular flexibility index (Phi) is 4.20. The number of nitrogens with two attached hydrogens (primary N) is 1. The molecular weight excluding hydrogens is 238 g/mol. The van der Waals surface area contributed by atoms with E-state index < -0.39 is 10.7 Å². The fourth-order valence-electron chi connectivity index (χ4n) is 0.952. The summed E-state index contributed by atoms with van der Waals surface area (Å²) in [4.78, 5) is 16.9. The first-order chi connectivity index (χ1) is 7.56. The number of aromatic nitrogens is 2. The molecule has 1 heterocycles. The Morgan fingerprint density at radius 1 is 1.56 bits per heavy atom. The summed E-state index contributed by atoms with van der Waals surface area (Å²) in [6.45, 7) is 0.433. The minimum absolute atomic E-state index is 0.0144. The zero-order valence-electron chi connectivity index (χ0n) is 8.18. The molecule has 4 N–H and O–H groups in total. The third-order valence-electron chi connectivity index (χ3n) is 1.66. The predicted octanol–water partition coefficient (Wildman–Crippen LogP) is 0.415. The van der Waals surface area contributed by atoms with Gasteiger partial charge >= 0.3 is 5.82 Å². The maximum atomic E-state index is 10.5. The summed E-state index contributed by atoms with van der Waals surface area (Å²) < 4.78 is 0. The van der Waals surface area contributed by atoms with Crippen LogP contribution in [0.4, 0.5) is 17.5 Å². The molecule has 1 rings (SSSR count). The number of rotatable bonds is 5. The van der Waals surface area contributed by atoms with Crippen molar-refractivity contribution in [1.29, 1.82) is 0 Å². The van der Waals surface area contributed by atoms with Crippen molar-refractivity contribution in [1.82, 2.24) is 9.97 Å². The molecule has 88 valence electrons. The summed E-state index contributed by atoms with van der Waals surface area (Å²) in [6.07, 6.45) is 0.495. The van der Waals surface area contributed by atoms with Gasteiger partial charge in [-0.05, 0) is 27.9 Å². The van der Waals surface area contributed by atoms with Gasteiger partial charge in [-0.25, -0.2) is 4.98 Å². The molecule has 0 aliphatic rings. The SMILES string of the molecule is Nc1nc(NCCCO)c(Cl)nc1[N+](=O)[O-]. The van der Waals surface area contributed by atoms with Crippen LogP contribution in [0.5, 0.6) is 0 Å². The van der Waals surface area contributed by atoms with Crippen LogP contribution in [0.3, 0.4) is 0 Å². The molecule has 0 fully saturated rings. The number of hydrogen-bond donors (Lipinski definition) is 3. The normalized spacial score (nSPS) is 10.1. The average molecular weight is 248 g/mol. The Bertz CT molecular complexity index is 400. The van der Waals surface area contributed by atoms with Gasteiger partial charge < -0.3 is 26.3 Å². The first kappa shape index (κ1) is 12.4. The number of aliphatic hydroxyl groups is 1. The molecule has 8 nitrogen and oxygen atoms in total. The van der Waals surface area contributed by atoms with Crippen molar-refractivity contribution in [3.8, 4) is 0 Å². The largest absolute Gasteiger partial charge is 0.408 e. The van der Waals surface area contributed by atoms with Crippen molar-refractivity contribution in [2.24, 2.45) is 0 Å². The van der Waals surface area contributed by atoms with E-state index in [0.29, 0.717) is 13.0 Å². The molecule has 0 atom stereocenters. The van der Waals surface area contributed by atoms with Crippen molar-refractivity contribution in [3.05, 3.63) is 15.3 Å². The number of nitrogen functional groups attached to an aromatic ring is 1. The van der Waals surface area contributed by atoms with Gasteiger partial charge in [0.05, 0.1) is 0 Å². The molecular formula is C7H10ClN5O3. The van der Waals surface area contributed by atoms with Gasteiger partial charge in [0.25, 0.3) is 5.15 Å². The van der Waals surface area contributed by atoms with E-state index in [0.717, 1.165) is 0 Å². The molecule has 0 radical (unpaired) electrons. The number of nitrogens with one attached hydrogen (secondary N) is 1. The molecule has 16 heavy (non-hydrogen) atoms. The Morgan fingerprint density at radius 2 is 2.25 bits per heavy atom. The molecule has 0 saturated carbocycles. The molecule has 0 spiro atoms. The van der Waals surface area contributed by atoms with Crippen LogP contribution in [0.25, 0.3) is 0 Å². The first-order valence-corrected chi connectivity index (χ1v) is 4.76. The summed E-state index contributed by atoms with van der Waals surface area (Å²) in [7, 11) is 0. The van der Waals surface area contributed by atoms with Crippen molar-refractivity contribution < 1.29 is 10.0 Å². The van der Waals surface area contributed by atoms with Gasteiger partial charge in [-0.3, -0.25) is 0 Å². The minimum atomic E-state index is -0.758. The number of hydrogen-bond acceptors (Lipinski definition) is 7. The Balaban J connectivity index is 2.88. The Morgan fingerprint density at radius 3 is 2.81 bits per heavy atom. The molecule has 0 aromatic carbocycles. The number of nitro groups is 1. The summed E-state index contributed by atoms with van der Waals surface area (Å²) in [5.41, 5.74) is 5.33. The highest BCUT2D eigenvalue weighted by molar-refractivity contribution is 6.31. The second kappa shape index (κ2) is 5.42. The van der Waals surface area contributed by atoms with Crippen LogP contribution in [0.15, 0.2) is 0 Å². The van der Waals surface area contributed by atoms with E-state index in [4.69, 9.17) is 22.4 Å². The van der Waals surface area contributed by atoms with Gasteiger partial charge in [0, 0.05) is 13.2 Å². The lowest BCUT2D eigenvalue weighted by atomic mass is 10.4. The van der Waals surface area contributed by atoms with Crippen LogP contribution < -0.4 is 11.1 Å². The lowest BCUT2D eigenvalue weighted by Gasteiger charge is -2.04. The van der Waals surface area contributed by atoms with E-state index in [9.17, 15) is 10.1 Å². The molecule has 1 aromatic rings. The Labute approximate surface area is 95.6 Å². The standard InChI is InChI=1S/C7H10ClN5O3/c8-4-6(10-2-1-3-14)12-5(9)7(11-4)13(15)16/h14H,1-3H2,(H3,9,10,12). The van der Waals surface area contributed by atoms with E-state index in [2.05, 4.69) is 15.3 Å². The third-order valence-corrected chi connectivity index (χ3v) is 1.92. The summed E-state index contributed by atoms with van der Waals surface area (Å²) >= 11 is 5.67. The molecule has 0 aliphatic carbocycles. The average Bonchev–Trinajstić information content (AvgIpc) is 2.22. The van der Waals surface area contributed by atoms with Crippen molar-refractivity contribution >= 4 is 29.1 Å². The first-order valence-electron chi connectivity index (χ1n) is 4.38. The zero-order valence-corrected chi connectivity index (χ0v) is 8.94. The predicted molar refractivity (Wildman–Crippen MR) is 58.3 cm³/mol. The van der Waals surface area contributed by atoms with E-state index >= 15 is 0 Å². The maximum absolute atomic E-state index is 10.5. The lowest BCUT2D eigenvalue weighted by molar-refractivity contribution is -0.388. The van der Waals surface area contributed by atoms with Crippen LogP contribution >= 0.6 is 11.6 Å². The van der Waals surface area contributed by atoms with Crippen molar-refractivity contribution in [2.75, 3.05) is 24.2 Å². The summed E-state index contributed by atoms with van der Waals surface area (Å²) in [5.74, 6) is -0.711. The molecule has 0 unspecified atom stereocenters. The van der Waals surface area contributed by atoms with Crippen LogP contribution in [0.2, 0.25) is 5.15 Å². The number of nitrogens with zero attached hydrogens (tertiary/aromatic N) is 3. The third kappa shape index (κ3) is 2.91. The lowest BCUT2D eigenvalue weighted by Crippen LogP contribution is -2.09. The number of anilines is 2. The number of halogens is 1. The van der Waals surface area contributed by atoms with Gasteiger partial charge in [-0.15, -0.1) is 0 Å². The second-order valence-corrected chi connectivity index (χ2v) is 3.19. The van der Waals surface area contributed by atoms with Gasteiger partial charge in [0.2, 0.25) is 5.82 Å². The fraction of sp³-hybridized carbons (Fsp3) is 0.429. The van der Waals surface area contributed by atoms with Crippen LogP contribution in [0, 0.1) is 10.1 Å². The van der Waals surface area contributed by atoms with E-state index in [1.54, 1.807) is 0 Å². The van der Waals surface area contributed by atoms with E-state index in [-0.39, 0.29) is 23.4 Å². The zero-order chi connectivity index (χ0) is 12.1. The van der Waals surface area contributed by atoms with Gasteiger partial charge in [0.1, 0.15) is 0 Å². The van der Waals surface area contributed by atoms with Crippen molar-refractivity contribution in [2.45, 2.75) is 6.42 Å². The minimum Gasteiger partial charge on any atom is -0.396 e. The molecule has 0 aliphatic heterocycles. The fourth-order valence-corrected chi connectivity index (χ4v) is 1.14. The van der Waals surface area contributed by atoms with Gasteiger partial charge in [-0.1, -0.05) is 0 Å². The maximum Gasteiger partial charge on any atom is 0.408 e. The van der Waals surface area contributed by atoms with Crippen molar-refractivity contribution in [3.63, 3.8) is 0 Å². The highest BCUT2D eigenvalue weighted by atomic mass is 35.5. The topological polar surface area (TPSA) is 127 Å². The smallest absolute Gasteiger partial charge is 0.396 e. The number of aliphatic hydroxyl groups excluding tert-OH is 1. The molecule has 0 saturated heterocycles. The summed E-state index contributed by atoms with van der Waals surface area (Å²) in [5, 5.41) is 21.6. The quantitative estimate of drug-likeness (QED) is 0.391. The van der Waals surface area contributed by atoms with Crippen LogP contribution in [-0.4, -0.2) is 33.1 Å². The highest BCUT2D eigenvalue weighted by Crippen LogP contribution is 2.24. The van der Waals surface area contributed by atoms with Crippen LogP contribution in [-0.2, 0) is 0 Å². The molecule has 0 bridgehead atoms. The Hall–Kier alpha value is -1.67. The van der Waals surface area contributed by atoms with Gasteiger partial charge in [-0.2, -0.15) is 0 Å².